The summed E-state index contributed by atoms with van der Waals surface area (Å²) in [6.07, 6.45) is 9.42. The van der Waals surface area contributed by atoms with Crippen LogP contribution < -0.4 is 16.1 Å². The Morgan fingerprint density at radius 2 is 1.86 bits per heavy atom. The molecule has 0 aliphatic carbocycles. The molecule has 2 rings (SSSR count). The molecular weight excluding hydrogens is 266 g/mol. The van der Waals surface area contributed by atoms with Gasteiger partial charge in [0.2, 0.25) is 0 Å². The third kappa shape index (κ3) is 3.65. The quantitative estimate of drug-likeness (QED) is 0.759. The fourth-order valence-electron chi connectivity index (χ4n) is 2.76. The highest BCUT2D eigenvalue weighted by molar-refractivity contribution is 5.55. The summed E-state index contributed by atoms with van der Waals surface area (Å²) in [4.78, 5) is 30.8. The van der Waals surface area contributed by atoms with Crippen molar-refractivity contribution in [3.63, 3.8) is 0 Å². The molecule has 2 heterocycles. The van der Waals surface area contributed by atoms with E-state index in [0.717, 1.165) is 32.2 Å². The Balaban J connectivity index is 2.30. The summed E-state index contributed by atoms with van der Waals surface area (Å²) in [6, 6.07) is 0. The summed E-state index contributed by atoms with van der Waals surface area (Å²) in [7, 11) is 0. The molecular formula is C16H25N3O2. The van der Waals surface area contributed by atoms with Crippen molar-refractivity contribution in [1.29, 1.82) is 0 Å². The van der Waals surface area contributed by atoms with E-state index in [0.29, 0.717) is 17.8 Å². The lowest BCUT2D eigenvalue weighted by atomic mass is 10.0. The summed E-state index contributed by atoms with van der Waals surface area (Å²) in [5.41, 5.74) is 1.23. The first-order valence-corrected chi connectivity index (χ1v) is 7.99. The number of aromatic amines is 2. The minimum atomic E-state index is -0.421. The van der Waals surface area contributed by atoms with Crippen LogP contribution in [0.1, 0.15) is 57.9 Å². The molecule has 1 aromatic heterocycles. The van der Waals surface area contributed by atoms with Crippen LogP contribution in [0.3, 0.4) is 0 Å². The van der Waals surface area contributed by atoms with E-state index < -0.39 is 5.69 Å². The highest BCUT2D eigenvalue weighted by atomic mass is 16.2. The van der Waals surface area contributed by atoms with E-state index in [9.17, 15) is 9.59 Å². The molecule has 0 atom stereocenters. The Labute approximate surface area is 125 Å². The average molecular weight is 291 g/mol. The smallest absolute Gasteiger partial charge is 0.327 e. The minimum Gasteiger partial charge on any atom is -0.332 e. The SMILES string of the molecule is CCCCCC1=CCc2c([nH]c(=O)[nH]c2=O)N1CCCC. The van der Waals surface area contributed by atoms with Crippen LogP contribution in [0.4, 0.5) is 5.82 Å². The van der Waals surface area contributed by atoms with Gasteiger partial charge >= 0.3 is 5.69 Å². The summed E-state index contributed by atoms with van der Waals surface area (Å²) in [6.45, 7) is 5.18. The number of allylic oxidation sites excluding steroid dienone is 2. The Morgan fingerprint density at radius 3 is 2.57 bits per heavy atom. The molecule has 0 bridgehead atoms. The van der Waals surface area contributed by atoms with Crippen molar-refractivity contribution < 1.29 is 0 Å². The minimum absolute atomic E-state index is 0.265. The molecule has 1 aromatic rings. The van der Waals surface area contributed by atoms with Gasteiger partial charge in [-0.3, -0.25) is 14.8 Å². The van der Waals surface area contributed by atoms with Crippen molar-refractivity contribution in [1.82, 2.24) is 9.97 Å². The van der Waals surface area contributed by atoms with E-state index in [4.69, 9.17) is 0 Å². The lowest BCUT2D eigenvalue weighted by Crippen LogP contribution is -2.36. The van der Waals surface area contributed by atoms with Gasteiger partial charge in [0, 0.05) is 18.7 Å². The van der Waals surface area contributed by atoms with Gasteiger partial charge in [-0.2, -0.15) is 0 Å². The molecule has 1 aliphatic heterocycles. The fourth-order valence-corrected chi connectivity index (χ4v) is 2.76. The third-order valence-electron chi connectivity index (χ3n) is 3.95. The van der Waals surface area contributed by atoms with Gasteiger partial charge in [0.15, 0.2) is 0 Å². The van der Waals surface area contributed by atoms with Crippen molar-refractivity contribution in [3.8, 4) is 0 Å². The van der Waals surface area contributed by atoms with Gasteiger partial charge in [-0.05, 0) is 19.3 Å². The van der Waals surface area contributed by atoms with Crippen LogP contribution in [0.25, 0.3) is 0 Å². The molecule has 116 valence electrons. The van der Waals surface area contributed by atoms with Crippen LogP contribution in [0.15, 0.2) is 21.4 Å². The first-order valence-electron chi connectivity index (χ1n) is 7.99. The van der Waals surface area contributed by atoms with E-state index in [-0.39, 0.29) is 5.56 Å². The second-order valence-corrected chi connectivity index (χ2v) is 5.60. The normalized spacial score (nSPS) is 14.0. The monoisotopic (exact) mass is 291 g/mol. The summed E-state index contributed by atoms with van der Waals surface area (Å²) in [5, 5.41) is 0. The van der Waals surface area contributed by atoms with Crippen LogP contribution >= 0.6 is 0 Å². The van der Waals surface area contributed by atoms with Crippen LogP contribution in [0.5, 0.6) is 0 Å². The molecule has 0 amide bonds. The molecule has 2 N–H and O–H groups in total. The average Bonchev–Trinajstić information content (AvgIpc) is 2.46. The Bertz CT molecular complexity index is 613. The largest absolute Gasteiger partial charge is 0.332 e. The molecule has 0 unspecified atom stereocenters. The maximum Gasteiger partial charge on any atom is 0.327 e. The van der Waals surface area contributed by atoms with Crippen molar-refractivity contribution in [2.24, 2.45) is 0 Å². The van der Waals surface area contributed by atoms with Crippen molar-refractivity contribution in [2.75, 3.05) is 11.4 Å². The number of nitrogens with one attached hydrogen (secondary N) is 2. The van der Waals surface area contributed by atoms with E-state index in [1.165, 1.54) is 18.5 Å². The number of nitrogens with zero attached hydrogens (tertiary/aromatic N) is 1. The van der Waals surface area contributed by atoms with Crippen molar-refractivity contribution in [2.45, 2.75) is 58.8 Å². The van der Waals surface area contributed by atoms with E-state index >= 15 is 0 Å². The van der Waals surface area contributed by atoms with Crippen LogP contribution in [0, 0.1) is 0 Å². The topological polar surface area (TPSA) is 69.0 Å². The van der Waals surface area contributed by atoms with Crippen molar-refractivity contribution in [3.05, 3.63) is 38.2 Å². The summed E-state index contributed by atoms with van der Waals surface area (Å²) in [5.74, 6) is 0.700. The number of rotatable bonds is 7. The van der Waals surface area contributed by atoms with Crippen LogP contribution in [0.2, 0.25) is 0 Å². The molecule has 0 fully saturated rings. The molecule has 5 heteroatoms. The third-order valence-corrected chi connectivity index (χ3v) is 3.95. The maximum atomic E-state index is 11.9. The second-order valence-electron chi connectivity index (χ2n) is 5.60. The Morgan fingerprint density at radius 1 is 1.10 bits per heavy atom. The zero-order valence-electron chi connectivity index (χ0n) is 13.0. The van der Waals surface area contributed by atoms with Crippen LogP contribution in [-0.2, 0) is 6.42 Å². The molecule has 0 saturated heterocycles. The van der Waals surface area contributed by atoms with E-state index in [2.05, 4.69) is 34.8 Å². The molecule has 0 saturated carbocycles. The lowest BCUT2D eigenvalue weighted by molar-refractivity contribution is 0.666. The Hall–Kier alpha value is -1.78. The molecule has 21 heavy (non-hydrogen) atoms. The highest BCUT2D eigenvalue weighted by Crippen LogP contribution is 2.27. The summed E-state index contributed by atoms with van der Waals surface area (Å²) >= 11 is 0. The van der Waals surface area contributed by atoms with E-state index in [1.807, 2.05) is 0 Å². The lowest BCUT2D eigenvalue weighted by Gasteiger charge is -2.31. The van der Waals surface area contributed by atoms with Crippen LogP contribution in [-0.4, -0.2) is 16.5 Å². The van der Waals surface area contributed by atoms with Gasteiger partial charge in [-0.25, -0.2) is 4.79 Å². The zero-order valence-corrected chi connectivity index (χ0v) is 13.0. The first kappa shape index (κ1) is 15.6. The number of fused-ring (bicyclic) bond motifs is 1. The number of hydrogen-bond donors (Lipinski definition) is 2. The second kappa shape index (κ2) is 7.29. The van der Waals surface area contributed by atoms with Gasteiger partial charge < -0.3 is 4.90 Å². The summed E-state index contributed by atoms with van der Waals surface area (Å²) < 4.78 is 0. The van der Waals surface area contributed by atoms with Gasteiger partial charge in [0.1, 0.15) is 5.82 Å². The number of anilines is 1. The molecule has 1 aliphatic rings. The molecule has 0 radical (unpaired) electrons. The number of hydrogen-bond acceptors (Lipinski definition) is 3. The van der Waals surface area contributed by atoms with E-state index in [1.54, 1.807) is 0 Å². The predicted octanol–water partition coefficient (Wildman–Crippen LogP) is 2.69. The number of H-pyrrole nitrogens is 2. The van der Waals surface area contributed by atoms with Crippen molar-refractivity contribution >= 4 is 5.82 Å². The van der Waals surface area contributed by atoms with Gasteiger partial charge in [0.05, 0.1) is 5.56 Å². The van der Waals surface area contributed by atoms with Gasteiger partial charge in [0.25, 0.3) is 5.56 Å². The molecule has 0 spiro atoms. The first-order chi connectivity index (χ1) is 10.2. The van der Waals surface area contributed by atoms with Gasteiger partial charge in [-0.15, -0.1) is 0 Å². The molecule has 0 aromatic carbocycles. The number of aromatic nitrogens is 2. The zero-order chi connectivity index (χ0) is 15.2. The predicted molar refractivity (Wildman–Crippen MR) is 85.9 cm³/mol. The fraction of sp³-hybridized carbons (Fsp3) is 0.625. The Kier molecular flexibility index (Phi) is 5.42. The molecule has 5 nitrogen and oxygen atoms in total. The van der Waals surface area contributed by atoms with Gasteiger partial charge in [-0.1, -0.05) is 39.2 Å². The number of unbranched alkanes of at least 4 members (excludes halogenated alkanes) is 3. The highest BCUT2D eigenvalue weighted by Gasteiger charge is 2.22. The standard InChI is InChI=1S/C16H25N3O2/c1-3-5-7-8-12-9-10-13-14(19(12)11-6-4-2)17-16(21)18-15(13)20/h9H,3-8,10-11H2,1-2H3,(H2,17,18,20,21). The maximum absolute atomic E-state index is 11.9.